The van der Waals surface area contributed by atoms with Crippen LogP contribution >= 0.6 is 68.0 Å². The number of benzene rings is 2. The molecule has 54 heavy (non-hydrogen) atoms. The number of likely N-dealkylation sites (tertiary alicyclic amines) is 4. The number of piperidine rings is 4. The van der Waals surface area contributed by atoms with Crippen molar-refractivity contribution in [2.45, 2.75) is 85.3 Å². The van der Waals surface area contributed by atoms with E-state index in [4.69, 9.17) is 46.4 Å². The van der Waals surface area contributed by atoms with Gasteiger partial charge in [0.25, 0.3) is 0 Å². The topological polar surface area (TPSA) is 47.1 Å². The first-order valence-corrected chi connectivity index (χ1v) is 23.2. The van der Waals surface area contributed by atoms with Gasteiger partial charge in [-0.15, -0.1) is 0 Å². The number of hydrogen-bond acceptors (Lipinski definition) is 8. The van der Waals surface area contributed by atoms with Crippen LogP contribution in [0.15, 0.2) is 34.1 Å². The fourth-order valence-electron chi connectivity index (χ4n) is 9.60. The van der Waals surface area contributed by atoms with Crippen molar-refractivity contribution in [2.24, 2.45) is 0 Å². The first-order valence-electron chi connectivity index (χ1n) is 19.5. The molecule has 2 aromatic rings. The average molecular weight is 861 g/mol. The Morgan fingerprint density at radius 2 is 0.741 bits per heavy atom. The highest BCUT2D eigenvalue weighted by Crippen LogP contribution is 2.48. The average Bonchev–Trinajstić information content (AvgIpc) is 3.13. The summed E-state index contributed by atoms with van der Waals surface area (Å²) in [4.78, 5) is 41.4. The van der Waals surface area contributed by atoms with Gasteiger partial charge in [0.2, 0.25) is 0 Å². The van der Waals surface area contributed by atoms with E-state index in [1.165, 1.54) is 21.6 Å². The van der Waals surface area contributed by atoms with Gasteiger partial charge < -0.3 is 19.6 Å². The molecule has 4 fully saturated rings. The summed E-state index contributed by atoms with van der Waals surface area (Å²) in [7, 11) is 15.7. The Hall–Kier alpha value is -0.600. The molecule has 4 aliphatic heterocycles. The van der Waals surface area contributed by atoms with Crippen LogP contribution in [0.1, 0.15) is 72.1 Å². The second-order valence-electron chi connectivity index (χ2n) is 16.7. The Morgan fingerprint density at radius 1 is 0.500 bits per heavy atom. The standard InChI is InChI=1S/C40H58Cl4N6O2S2/c1-45-15-7-29(8-16-45)49(5,30-9-17-46(2)18-10-30)39(51)37-33(43)23-27(41)25-35(37)53-54-36-26-28(42)24-34(44)38(36)40(52)50(6,31-11-19-47(3)20-12-31)32-13-21-48(4)22-14-32/h23-26,29-32H,7-22H2,1-6H3/q+2. The van der Waals surface area contributed by atoms with Gasteiger partial charge in [0.15, 0.2) is 0 Å². The molecule has 6 rings (SSSR count). The molecule has 0 atom stereocenters. The quantitative estimate of drug-likeness (QED) is 0.184. The Kier molecular flexibility index (Phi) is 14.4. The lowest BCUT2D eigenvalue weighted by atomic mass is 9.92. The third-order valence-corrected chi connectivity index (χ3v) is 16.8. The lowest BCUT2D eigenvalue weighted by Crippen LogP contribution is -2.66. The summed E-state index contributed by atoms with van der Waals surface area (Å²) in [6.07, 6.45) is 7.60. The minimum Gasteiger partial charge on any atom is -0.306 e. The lowest BCUT2D eigenvalue weighted by Gasteiger charge is -2.49. The maximum atomic E-state index is 15.3. The van der Waals surface area contributed by atoms with E-state index in [9.17, 15) is 0 Å². The van der Waals surface area contributed by atoms with Gasteiger partial charge in [-0.25, -0.2) is 9.59 Å². The summed E-state index contributed by atoms with van der Waals surface area (Å²) < 4.78 is 0.661. The van der Waals surface area contributed by atoms with Crippen molar-refractivity contribution in [2.75, 3.05) is 94.6 Å². The summed E-state index contributed by atoms with van der Waals surface area (Å²) in [6, 6.07) is 7.81. The maximum Gasteiger partial charge on any atom is 0.348 e. The summed E-state index contributed by atoms with van der Waals surface area (Å²) in [5.74, 6) is 0.0798. The first kappa shape index (κ1) is 43.0. The molecule has 0 unspecified atom stereocenters. The molecule has 2 amide bonds. The lowest BCUT2D eigenvalue weighted by molar-refractivity contribution is -0.883. The van der Waals surface area contributed by atoms with Crippen LogP contribution in [0.25, 0.3) is 0 Å². The van der Waals surface area contributed by atoms with Gasteiger partial charge in [-0.1, -0.05) is 68.0 Å². The van der Waals surface area contributed by atoms with Gasteiger partial charge in [-0.05, 0) is 52.5 Å². The molecular formula is C40H58Cl4N6O2S2+2. The van der Waals surface area contributed by atoms with Gasteiger partial charge in [0.1, 0.15) is 11.1 Å². The molecule has 4 saturated heterocycles. The molecule has 0 N–H and O–H groups in total. The highest BCUT2D eigenvalue weighted by Gasteiger charge is 2.51. The van der Waals surface area contributed by atoms with E-state index in [2.05, 4.69) is 61.9 Å². The van der Waals surface area contributed by atoms with Crippen LogP contribution in [0.3, 0.4) is 0 Å². The second-order valence-corrected chi connectivity index (χ2v) is 20.6. The van der Waals surface area contributed by atoms with Gasteiger partial charge in [-0.3, -0.25) is 8.97 Å². The third kappa shape index (κ3) is 9.01. The Morgan fingerprint density at radius 3 is 0.981 bits per heavy atom. The minimum atomic E-state index is 0.0399. The first-order chi connectivity index (χ1) is 25.6. The van der Waals surface area contributed by atoms with Crippen molar-refractivity contribution < 1.29 is 18.6 Å². The van der Waals surface area contributed by atoms with E-state index in [1.54, 1.807) is 12.1 Å². The fraction of sp³-hybridized carbons (Fsp3) is 0.650. The normalized spacial score (nSPS) is 21.9. The number of carbonyl (C=O) groups is 2. The SMILES string of the molecule is CN1CCC([N+](C)(C(=O)c2c(Cl)cc(Cl)cc2SSc2cc(Cl)cc(Cl)c2C(=O)[N+](C)(C2CCN(C)CC2)C2CCN(C)CC2)C2CCN(C)CC2)CC1. The van der Waals surface area contributed by atoms with Crippen LogP contribution in [0.2, 0.25) is 20.1 Å². The summed E-state index contributed by atoms with van der Waals surface area (Å²) in [6.45, 7) is 7.69. The third-order valence-electron chi connectivity index (χ3n) is 13.3. The van der Waals surface area contributed by atoms with Crippen molar-refractivity contribution in [3.63, 3.8) is 0 Å². The Bertz CT molecular complexity index is 1500. The molecule has 0 saturated carbocycles. The van der Waals surface area contributed by atoms with Gasteiger partial charge in [0, 0.05) is 124 Å². The van der Waals surface area contributed by atoms with E-state index >= 15 is 9.59 Å². The van der Waals surface area contributed by atoms with Gasteiger partial charge >= 0.3 is 11.8 Å². The van der Waals surface area contributed by atoms with Crippen LogP contribution < -0.4 is 0 Å². The summed E-state index contributed by atoms with van der Waals surface area (Å²) >= 11 is 27.5. The molecule has 14 heteroatoms. The van der Waals surface area contributed by atoms with E-state index in [-0.39, 0.29) is 36.0 Å². The molecule has 0 aliphatic carbocycles. The zero-order valence-corrected chi connectivity index (χ0v) is 37.4. The Labute approximate surface area is 351 Å². The molecule has 0 spiro atoms. The van der Waals surface area contributed by atoms with Crippen molar-refractivity contribution in [3.05, 3.63) is 55.5 Å². The molecule has 0 bridgehead atoms. The van der Waals surface area contributed by atoms with Crippen LogP contribution in [0.4, 0.5) is 0 Å². The number of carbonyl (C=O) groups excluding carboxylic acids is 2. The molecule has 0 radical (unpaired) electrons. The molecule has 0 aromatic heterocycles. The predicted molar refractivity (Wildman–Crippen MR) is 228 cm³/mol. The molecule has 4 heterocycles. The maximum absolute atomic E-state index is 15.3. The van der Waals surface area contributed by atoms with Crippen LogP contribution in [0.5, 0.6) is 0 Å². The number of hydrogen-bond donors (Lipinski definition) is 0. The largest absolute Gasteiger partial charge is 0.348 e. The number of quaternary nitrogens is 2. The van der Waals surface area contributed by atoms with Crippen molar-refractivity contribution >= 4 is 79.8 Å². The van der Waals surface area contributed by atoms with E-state index in [0.717, 1.165) is 104 Å². The number of halogens is 4. The Balaban J connectivity index is 1.36. The smallest absolute Gasteiger partial charge is 0.306 e. The molecule has 8 nitrogen and oxygen atoms in total. The summed E-state index contributed by atoms with van der Waals surface area (Å²) in [5, 5.41) is 1.63. The van der Waals surface area contributed by atoms with Gasteiger partial charge in [0.05, 0.1) is 48.3 Å². The van der Waals surface area contributed by atoms with Crippen LogP contribution in [-0.2, 0) is 0 Å². The number of nitrogens with zero attached hydrogens (tertiary/aromatic N) is 6. The molecule has 298 valence electrons. The van der Waals surface area contributed by atoms with Crippen molar-refractivity contribution in [1.29, 1.82) is 0 Å². The van der Waals surface area contributed by atoms with Crippen LogP contribution in [0, 0.1) is 0 Å². The summed E-state index contributed by atoms with van der Waals surface area (Å²) in [5.41, 5.74) is 0.997. The monoisotopic (exact) mass is 858 g/mol. The molecule has 2 aromatic carbocycles. The molecular weight excluding hydrogens is 802 g/mol. The van der Waals surface area contributed by atoms with E-state index < -0.39 is 0 Å². The van der Waals surface area contributed by atoms with Crippen LogP contribution in [-0.4, -0.2) is 159 Å². The minimum absolute atomic E-state index is 0.0399. The van der Waals surface area contributed by atoms with Crippen molar-refractivity contribution in [1.82, 2.24) is 19.6 Å². The number of amides is 2. The highest BCUT2D eigenvalue weighted by atomic mass is 35.5. The van der Waals surface area contributed by atoms with Gasteiger partial charge in [-0.2, -0.15) is 0 Å². The van der Waals surface area contributed by atoms with E-state index in [1.807, 2.05) is 12.1 Å². The zero-order valence-electron chi connectivity index (χ0n) is 32.8. The zero-order chi connectivity index (χ0) is 38.9. The number of rotatable bonds is 9. The van der Waals surface area contributed by atoms with E-state index in [0.29, 0.717) is 50.0 Å². The fourth-order valence-corrected chi connectivity index (χ4v) is 13.4. The highest BCUT2D eigenvalue weighted by molar-refractivity contribution is 8.76. The van der Waals surface area contributed by atoms with Crippen molar-refractivity contribution in [3.8, 4) is 0 Å². The second kappa shape index (κ2) is 18.1. The molecule has 4 aliphatic rings. The predicted octanol–water partition coefficient (Wildman–Crippen LogP) is 8.65.